The minimum Gasteiger partial charge on any atom is -0.370 e. The zero-order valence-electron chi connectivity index (χ0n) is 8.68. The first-order chi connectivity index (χ1) is 7.38. The molecule has 1 nitrogen and oxygen atoms in total. The number of halogens is 4. The lowest BCUT2D eigenvalue weighted by atomic mass is 9.98. The monoisotopic (exact) mass is 233 g/mol. The number of nitrogens with zero attached hydrogens (tertiary/aromatic N) is 1. The van der Waals surface area contributed by atoms with Crippen molar-refractivity contribution in [2.45, 2.75) is 13.1 Å². The molecule has 1 heterocycles. The first kappa shape index (κ1) is 11.2. The van der Waals surface area contributed by atoms with Gasteiger partial charge in [0.1, 0.15) is 5.82 Å². The van der Waals surface area contributed by atoms with Gasteiger partial charge in [-0.3, -0.25) is 0 Å². The second-order valence-electron chi connectivity index (χ2n) is 4.08. The molecule has 0 radical (unpaired) electrons. The van der Waals surface area contributed by atoms with E-state index in [1.165, 1.54) is 11.0 Å². The van der Waals surface area contributed by atoms with Crippen LogP contribution in [0.2, 0.25) is 0 Å². The summed E-state index contributed by atoms with van der Waals surface area (Å²) in [6, 6.07) is 4.50. The van der Waals surface area contributed by atoms with Crippen LogP contribution in [0.5, 0.6) is 0 Å². The highest BCUT2D eigenvalue weighted by Gasteiger charge is 2.47. The molecular weight excluding hydrogens is 222 g/mol. The minimum absolute atomic E-state index is 0.0774. The third-order valence-corrected chi connectivity index (χ3v) is 2.87. The molecule has 5 heteroatoms. The van der Waals surface area contributed by atoms with E-state index in [-0.39, 0.29) is 18.9 Å². The SMILES string of the molecule is Cc1ccc(N2CC(C(F)(F)F)C2)cc1F. The van der Waals surface area contributed by atoms with E-state index in [1.54, 1.807) is 19.1 Å². The molecule has 0 atom stereocenters. The molecule has 0 unspecified atom stereocenters. The Kier molecular flexibility index (Phi) is 2.56. The number of aryl methyl sites for hydroxylation is 1. The van der Waals surface area contributed by atoms with Crippen LogP contribution in [0, 0.1) is 18.7 Å². The van der Waals surface area contributed by atoms with Crippen LogP contribution >= 0.6 is 0 Å². The van der Waals surface area contributed by atoms with E-state index in [9.17, 15) is 17.6 Å². The van der Waals surface area contributed by atoms with Gasteiger partial charge in [0, 0.05) is 18.8 Å². The third-order valence-electron chi connectivity index (χ3n) is 2.87. The summed E-state index contributed by atoms with van der Waals surface area (Å²) >= 11 is 0. The highest BCUT2D eigenvalue weighted by Crippen LogP contribution is 2.36. The first-order valence-electron chi connectivity index (χ1n) is 4.96. The lowest BCUT2D eigenvalue weighted by Gasteiger charge is -2.41. The Morgan fingerprint density at radius 2 is 1.88 bits per heavy atom. The average molecular weight is 233 g/mol. The summed E-state index contributed by atoms with van der Waals surface area (Å²) in [5.74, 6) is -1.66. The van der Waals surface area contributed by atoms with Gasteiger partial charge in [0.05, 0.1) is 5.92 Å². The largest absolute Gasteiger partial charge is 0.395 e. The number of rotatable bonds is 1. The summed E-state index contributed by atoms with van der Waals surface area (Å²) in [5, 5.41) is 0. The average Bonchev–Trinajstić information content (AvgIpc) is 2.06. The summed E-state index contributed by atoms with van der Waals surface area (Å²) in [6.07, 6.45) is -4.14. The molecule has 0 amide bonds. The molecule has 0 N–H and O–H groups in total. The van der Waals surface area contributed by atoms with Crippen molar-refractivity contribution in [3.8, 4) is 0 Å². The zero-order chi connectivity index (χ0) is 11.9. The summed E-state index contributed by atoms with van der Waals surface area (Å²) < 4.78 is 49.9. The van der Waals surface area contributed by atoms with E-state index in [4.69, 9.17) is 0 Å². The van der Waals surface area contributed by atoms with Crippen LogP contribution in [-0.4, -0.2) is 19.3 Å². The normalized spacial score (nSPS) is 17.4. The van der Waals surface area contributed by atoms with E-state index >= 15 is 0 Å². The fourth-order valence-corrected chi connectivity index (χ4v) is 1.67. The van der Waals surface area contributed by atoms with Crippen molar-refractivity contribution in [1.29, 1.82) is 0 Å². The Hall–Kier alpha value is -1.26. The van der Waals surface area contributed by atoms with Crippen LogP contribution in [0.1, 0.15) is 5.56 Å². The predicted molar refractivity (Wildman–Crippen MR) is 52.9 cm³/mol. The van der Waals surface area contributed by atoms with Gasteiger partial charge in [0.2, 0.25) is 0 Å². The van der Waals surface area contributed by atoms with Gasteiger partial charge in [-0.25, -0.2) is 4.39 Å². The summed E-state index contributed by atoms with van der Waals surface area (Å²) in [6.45, 7) is 1.46. The van der Waals surface area contributed by atoms with Gasteiger partial charge in [-0.15, -0.1) is 0 Å². The van der Waals surface area contributed by atoms with Gasteiger partial charge < -0.3 is 4.90 Å². The zero-order valence-corrected chi connectivity index (χ0v) is 8.68. The Balaban J connectivity index is 2.04. The highest BCUT2D eigenvalue weighted by molar-refractivity contribution is 5.50. The van der Waals surface area contributed by atoms with Crippen molar-refractivity contribution in [2.24, 2.45) is 5.92 Å². The Morgan fingerprint density at radius 3 is 2.38 bits per heavy atom. The van der Waals surface area contributed by atoms with Crippen LogP contribution in [0.3, 0.4) is 0 Å². The minimum atomic E-state index is -4.14. The molecule has 0 aromatic heterocycles. The number of anilines is 1. The van der Waals surface area contributed by atoms with Gasteiger partial charge in [-0.1, -0.05) is 6.07 Å². The number of hydrogen-bond acceptors (Lipinski definition) is 1. The van der Waals surface area contributed by atoms with E-state index in [1.807, 2.05) is 0 Å². The van der Waals surface area contributed by atoms with Gasteiger partial charge >= 0.3 is 6.18 Å². The smallest absolute Gasteiger partial charge is 0.370 e. The fraction of sp³-hybridized carbons (Fsp3) is 0.455. The third kappa shape index (κ3) is 1.99. The lowest BCUT2D eigenvalue weighted by molar-refractivity contribution is -0.180. The maximum Gasteiger partial charge on any atom is 0.395 e. The summed E-state index contributed by atoms with van der Waals surface area (Å²) in [7, 11) is 0. The van der Waals surface area contributed by atoms with Crippen molar-refractivity contribution in [2.75, 3.05) is 18.0 Å². The maximum atomic E-state index is 13.2. The molecule has 1 saturated heterocycles. The lowest BCUT2D eigenvalue weighted by Crippen LogP contribution is -2.53. The number of hydrogen-bond donors (Lipinski definition) is 0. The second-order valence-corrected chi connectivity index (χ2v) is 4.08. The molecule has 0 spiro atoms. The van der Waals surface area contributed by atoms with Crippen molar-refractivity contribution in [3.05, 3.63) is 29.6 Å². The molecule has 88 valence electrons. The van der Waals surface area contributed by atoms with E-state index in [0.29, 0.717) is 11.3 Å². The quantitative estimate of drug-likeness (QED) is 0.673. The van der Waals surface area contributed by atoms with Crippen LogP contribution in [0.25, 0.3) is 0 Å². The van der Waals surface area contributed by atoms with Crippen molar-refractivity contribution in [3.63, 3.8) is 0 Å². The summed E-state index contributed by atoms with van der Waals surface area (Å²) in [4.78, 5) is 1.53. The van der Waals surface area contributed by atoms with Gasteiger partial charge in [0.15, 0.2) is 0 Å². The van der Waals surface area contributed by atoms with Gasteiger partial charge in [-0.05, 0) is 24.6 Å². The van der Waals surface area contributed by atoms with Crippen molar-refractivity contribution < 1.29 is 17.6 Å². The molecule has 2 rings (SSSR count). The Labute approximate surface area is 90.7 Å². The van der Waals surface area contributed by atoms with Crippen LogP contribution < -0.4 is 4.90 Å². The predicted octanol–water partition coefficient (Wildman–Crippen LogP) is 3.13. The van der Waals surface area contributed by atoms with Crippen molar-refractivity contribution >= 4 is 5.69 Å². The molecule has 1 aromatic rings. The summed E-state index contributed by atoms with van der Waals surface area (Å²) in [5.41, 5.74) is 1.01. The van der Waals surface area contributed by atoms with Gasteiger partial charge in [0.25, 0.3) is 0 Å². The van der Waals surface area contributed by atoms with Crippen LogP contribution in [-0.2, 0) is 0 Å². The molecule has 1 aliphatic heterocycles. The molecule has 16 heavy (non-hydrogen) atoms. The molecule has 1 fully saturated rings. The van der Waals surface area contributed by atoms with Crippen molar-refractivity contribution in [1.82, 2.24) is 0 Å². The molecule has 1 aromatic carbocycles. The molecule has 0 aliphatic carbocycles. The maximum absolute atomic E-state index is 13.2. The standard InChI is InChI=1S/C11H11F4N/c1-7-2-3-9(4-10(7)12)16-5-8(6-16)11(13,14)15/h2-4,8H,5-6H2,1H3. The number of alkyl halides is 3. The van der Waals surface area contributed by atoms with Crippen LogP contribution in [0.4, 0.5) is 23.2 Å². The Morgan fingerprint density at radius 1 is 1.25 bits per heavy atom. The molecule has 0 bridgehead atoms. The molecular formula is C11H11F4N. The fourth-order valence-electron chi connectivity index (χ4n) is 1.67. The second kappa shape index (κ2) is 3.64. The first-order valence-corrected chi connectivity index (χ1v) is 4.96. The molecule has 0 saturated carbocycles. The van der Waals surface area contributed by atoms with E-state index < -0.39 is 12.1 Å². The highest BCUT2D eigenvalue weighted by atomic mass is 19.4. The Bertz CT molecular complexity index is 393. The number of benzene rings is 1. The van der Waals surface area contributed by atoms with E-state index in [2.05, 4.69) is 0 Å². The topological polar surface area (TPSA) is 3.24 Å². The molecule has 1 aliphatic rings. The van der Waals surface area contributed by atoms with Crippen LogP contribution in [0.15, 0.2) is 18.2 Å². The van der Waals surface area contributed by atoms with E-state index in [0.717, 1.165) is 0 Å². The van der Waals surface area contributed by atoms with Gasteiger partial charge in [-0.2, -0.15) is 13.2 Å².